The summed E-state index contributed by atoms with van der Waals surface area (Å²) in [5.74, 6) is -0.905. The summed E-state index contributed by atoms with van der Waals surface area (Å²) in [6.45, 7) is 3.92. The first-order valence-corrected chi connectivity index (χ1v) is 7.66. The van der Waals surface area contributed by atoms with Crippen molar-refractivity contribution < 1.29 is 14.7 Å². The van der Waals surface area contributed by atoms with Crippen molar-refractivity contribution in [3.63, 3.8) is 0 Å². The van der Waals surface area contributed by atoms with Gasteiger partial charge >= 0.3 is 5.97 Å². The third-order valence-electron chi connectivity index (χ3n) is 3.36. The summed E-state index contributed by atoms with van der Waals surface area (Å²) in [6.07, 6.45) is 3.35. The Balaban J connectivity index is 1.82. The third-order valence-corrected chi connectivity index (χ3v) is 4.24. The molecule has 0 saturated carbocycles. The van der Waals surface area contributed by atoms with Crippen LogP contribution in [0.15, 0.2) is 5.38 Å². The molecule has 1 aromatic rings. The maximum absolute atomic E-state index is 12.2. The highest BCUT2D eigenvalue weighted by Crippen LogP contribution is 2.11. The molecule has 1 aromatic heterocycles. The molecule has 6 nitrogen and oxygen atoms in total. The number of carbonyl (C=O) groups is 2. The minimum absolute atomic E-state index is 0.0804. The molecular weight excluding hydrogens is 278 g/mol. The van der Waals surface area contributed by atoms with Crippen molar-refractivity contribution in [2.24, 2.45) is 0 Å². The first-order chi connectivity index (χ1) is 9.58. The third kappa shape index (κ3) is 3.77. The zero-order valence-corrected chi connectivity index (χ0v) is 12.3. The standard InChI is InChI=1S/C13H19N3O3S/c1-9(12(17)16-5-3-2-4-6-16)14-7-10-8-20-11(15-10)13(18)19/h8-9,14H,2-7H2,1H3,(H,18,19). The summed E-state index contributed by atoms with van der Waals surface area (Å²) in [5.41, 5.74) is 0.658. The molecule has 110 valence electrons. The fourth-order valence-electron chi connectivity index (χ4n) is 2.22. The highest BCUT2D eigenvalue weighted by Gasteiger charge is 2.21. The fraction of sp³-hybridized carbons (Fsp3) is 0.615. The molecule has 0 aromatic carbocycles. The molecule has 0 radical (unpaired) electrons. The van der Waals surface area contributed by atoms with Gasteiger partial charge in [-0.3, -0.25) is 4.79 Å². The smallest absolute Gasteiger partial charge is 0.365 e. The molecule has 0 aliphatic carbocycles. The van der Waals surface area contributed by atoms with Crippen LogP contribution in [0.1, 0.15) is 41.7 Å². The molecule has 1 saturated heterocycles. The number of hydrogen-bond donors (Lipinski definition) is 2. The number of piperidine rings is 1. The number of likely N-dealkylation sites (tertiary alicyclic amines) is 1. The molecule has 20 heavy (non-hydrogen) atoms. The minimum atomic E-state index is -1.02. The first-order valence-electron chi connectivity index (χ1n) is 6.78. The number of carboxylic acids is 1. The van der Waals surface area contributed by atoms with Crippen molar-refractivity contribution in [2.45, 2.75) is 38.8 Å². The van der Waals surface area contributed by atoms with Gasteiger partial charge in [-0.2, -0.15) is 0 Å². The van der Waals surface area contributed by atoms with E-state index in [2.05, 4.69) is 10.3 Å². The Morgan fingerprint density at radius 1 is 1.45 bits per heavy atom. The number of aromatic carboxylic acids is 1. The Labute approximate surface area is 121 Å². The lowest BCUT2D eigenvalue weighted by atomic mass is 10.1. The molecule has 2 rings (SSSR count). The summed E-state index contributed by atoms with van der Waals surface area (Å²) in [7, 11) is 0. The van der Waals surface area contributed by atoms with Gasteiger partial charge in [-0.25, -0.2) is 9.78 Å². The van der Waals surface area contributed by atoms with Crippen LogP contribution in [-0.4, -0.2) is 46.0 Å². The first kappa shape index (κ1) is 14.9. The van der Waals surface area contributed by atoms with Crippen molar-refractivity contribution in [2.75, 3.05) is 13.1 Å². The Hall–Kier alpha value is -1.47. The van der Waals surface area contributed by atoms with E-state index in [1.54, 1.807) is 5.38 Å². The summed E-state index contributed by atoms with van der Waals surface area (Å²) in [5, 5.41) is 13.7. The number of carbonyl (C=O) groups excluding carboxylic acids is 1. The van der Waals surface area contributed by atoms with Gasteiger partial charge in [0, 0.05) is 25.0 Å². The number of thiazole rings is 1. The number of aromatic nitrogens is 1. The molecule has 0 bridgehead atoms. The molecule has 1 fully saturated rings. The normalized spacial score (nSPS) is 16.9. The van der Waals surface area contributed by atoms with Gasteiger partial charge in [-0.1, -0.05) is 0 Å². The van der Waals surface area contributed by atoms with Crippen molar-refractivity contribution in [1.82, 2.24) is 15.2 Å². The monoisotopic (exact) mass is 297 g/mol. The Bertz CT molecular complexity index is 483. The van der Waals surface area contributed by atoms with E-state index in [0.29, 0.717) is 12.2 Å². The van der Waals surface area contributed by atoms with Gasteiger partial charge in [0.2, 0.25) is 10.9 Å². The largest absolute Gasteiger partial charge is 0.476 e. The molecule has 2 N–H and O–H groups in total. The van der Waals surface area contributed by atoms with Gasteiger partial charge in [0.1, 0.15) is 0 Å². The van der Waals surface area contributed by atoms with E-state index >= 15 is 0 Å². The van der Waals surface area contributed by atoms with Gasteiger partial charge in [0.15, 0.2) is 0 Å². The van der Waals surface area contributed by atoms with Gasteiger partial charge < -0.3 is 15.3 Å². The topological polar surface area (TPSA) is 82.5 Å². The average molecular weight is 297 g/mol. The van der Waals surface area contributed by atoms with Crippen LogP contribution >= 0.6 is 11.3 Å². The predicted octanol–water partition coefficient (Wildman–Crippen LogP) is 1.33. The Morgan fingerprint density at radius 2 is 2.15 bits per heavy atom. The molecular formula is C13H19N3O3S. The minimum Gasteiger partial charge on any atom is -0.476 e. The summed E-state index contributed by atoms with van der Waals surface area (Å²) in [6, 6.07) is -0.275. The molecule has 2 heterocycles. The van der Waals surface area contributed by atoms with E-state index in [1.165, 1.54) is 6.42 Å². The van der Waals surface area contributed by atoms with Crippen molar-refractivity contribution >= 4 is 23.2 Å². The van der Waals surface area contributed by atoms with Crippen LogP contribution in [-0.2, 0) is 11.3 Å². The molecule has 1 aliphatic rings. The molecule has 7 heteroatoms. The van der Waals surface area contributed by atoms with E-state index in [9.17, 15) is 9.59 Å². The predicted molar refractivity (Wildman–Crippen MR) is 75.8 cm³/mol. The summed E-state index contributed by atoms with van der Waals surface area (Å²) < 4.78 is 0. The quantitative estimate of drug-likeness (QED) is 0.857. The lowest BCUT2D eigenvalue weighted by Crippen LogP contribution is -2.46. The van der Waals surface area contributed by atoms with E-state index in [-0.39, 0.29) is 17.0 Å². The highest BCUT2D eigenvalue weighted by molar-refractivity contribution is 7.11. The van der Waals surface area contributed by atoms with Crippen LogP contribution in [0.2, 0.25) is 0 Å². The van der Waals surface area contributed by atoms with Gasteiger partial charge in [0.05, 0.1) is 11.7 Å². The fourth-order valence-corrected chi connectivity index (χ4v) is 2.87. The van der Waals surface area contributed by atoms with Crippen LogP contribution in [0.5, 0.6) is 0 Å². The zero-order chi connectivity index (χ0) is 14.5. The molecule has 1 amide bonds. The molecule has 1 unspecified atom stereocenters. The van der Waals surface area contributed by atoms with Crippen molar-refractivity contribution in [1.29, 1.82) is 0 Å². The molecule has 0 spiro atoms. The zero-order valence-electron chi connectivity index (χ0n) is 11.5. The number of carboxylic acid groups (broad SMARTS) is 1. The van der Waals surface area contributed by atoms with Gasteiger partial charge in [0.25, 0.3) is 0 Å². The van der Waals surface area contributed by atoms with E-state index in [4.69, 9.17) is 5.11 Å². The van der Waals surface area contributed by atoms with Crippen LogP contribution in [0.25, 0.3) is 0 Å². The molecule has 1 atom stereocenters. The van der Waals surface area contributed by atoms with Crippen molar-refractivity contribution in [3.8, 4) is 0 Å². The summed E-state index contributed by atoms with van der Waals surface area (Å²) >= 11 is 1.10. The van der Waals surface area contributed by atoms with Gasteiger partial charge in [-0.15, -0.1) is 11.3 Å². The van der Waals surface area contributed by atoms with Crippen LogP contribution < -0.4 is 5.32 Å². The number of nitrogens with one attached hydrogen (secondary N) is 1. The van der Waals surface area contributed by atoms with Crippen molar-refractivity contribution in [3.05, 3.63) is 16.1 Å². The average Bonchev–Trinajstić information content (AvgIpc) is 2.94. The van der Waals surface area contributed by atoms with Crippen LogP contribution in [0, 0.1) is 0 Å². The number of nitrogens with zero attached hydrogens (tertiary/aromatic N) is 2. The second-order valence-electron chi connectivity index (χ2n) is 4.94. The second kappa shape index (κ2) is 6.81. The van der Waals surface area contributed by atoms with E-state index in [0.717, 1.165) is 37.3 Å². The number of rotatable bonds is 5. The summed E-state index contributed by atoms with van der Waals surface area (Å²) in [4.78, 5) is 28.8. The second-order valence-corrected chi connectivity index (χ2v) is 5.80. The van der Waals surface area contributed by atoms with E-state index < -0.39 is 5.97 Å². The Kier molecular flexibility index (Phi) is 5.08. The maximum Gasteiger partial charge on any atom is 0.365 e. The highest BCUT2D eigenvalue weighted by atomic mass is 32.1. The lowest BCUT2D eigenvalue weighted by molar-refractivity contribution is -0.133. The lowest BCUT2D eigenvalue weighted by Gasteiger charge is -2.29. The van der Waals surface area contributed by atoms with Gasteiger partial charge in [-0.05, 0) is 26.2 Å². The SMILES string of the molecule is CC(NCc1csc(C(=O)O)n1)C(=O)N1CCCCC1. The number of amides is 1. The maximum atomic E-state index is 12.2. The van der Waals surface area contributed by atoms with Crippen LogP contribution in [0.3, 0.4) is 0 Å². The van der Waals surface area contributed by atoms with Crippen LogP contribution in [0.4, 0.5) is 0 Å². The van der Waals surface area contributed by atoms with E-state index in [1.807, 2.05) is 11.8 Å². The molecule has 1 aliphatic heterocycles. The Morgan fingerprint density at radius 3 is 2.75 bits per heavy atom. The number of hydrogen-bond acceptors (Lipinski definition) is 5.